The molecule has 4 aromatic rings. The van der Waals surface area contributed by atoms with Crippen LogP contribution in [0.25, 0.3) is 0 Å². The summed E-state index contributed by atoms with van der Waals surface area (Å²) < 4.78 is 18.1. The molecule has 7 rings (SSSR count). The first-order valence-corrected chi connectivity index (χ1v) is 15.4. The second-order valence-corrected chi connectivity index (χ2v) is 12.2. The third-order valence-corrected chi connectivity index (χ3v) is 9.29. The van der Waals surface area contributed by atoms with Gasteiger partial charge in [-0.3, -0.25) is 0 Å². The Bertz CT molecular complexity index is 1910. The fraction of sp³-hybridized carbons (Fsp3) is 0.314. The number of fused-ring (bicyclic) bond motifs is 3. The maximum Gasteiger partial charge on any atom is 0.200 e. The summed E-state index contributed by atoms with van der Waals surface area (Å²) >= 11 is 0. The number of phenolic OH excluding ortho intramolecular Hbond substituents is 9. The van der Waals surface area contributed by atoms with Crippen molar-refractivity contribution in [3.63, 3.8) is 0 Å². The summed E-state index contributed by atoms with van der Waals surface area (Å²) in [5, 5.41) is 96.4. The van der Waals surface area contributed by atoms with Crippen LogP contribution in [0.3, 0.4) is 0 Å². The summed E-state index contributed by atoms with van der Waals surface area (Å²) in [6, 6.07) is 4.94. The van der Waals surface area contributed by atoms with Crippen LogP contribution >= 0.6 is 0 Å². The Morgan fingerprint density at radius 3 is 1.66 bits per heavy atom. The lowest BCUT2D eigenvalue weighted by Gasteiger charge is -2.30. The summed E-state index contributed by atoms with van der Waals surface area (Å²) in [6.45, 7) is 0.699. The van der Waals surface area contributed by atoms with Gasteiger partial charge in [-0.2, -0.15) is 0 Å². The van der Waals surface area contributed by atoms with E-state index in [2.05, 4.69) is 0 Å². The van der Waals surface area contributed by atoms with Crippen LogP contribution in [-0.2, 0) is 32.1 Å². The molecule has 0 saturated carbocycles. The smallest absolute Gasteiger partial charge is 0.200 e. The normalized spacial score (nSPS) is 16.6. The zero-order valence-corrected chi connectivity index (χ0v) is 25.2. The molecule has 0 aromatic heterocycles. The van der Waals surface area contributed by atoms with Gasteiger partial charge in [-0.15, -0.1) is 0 Å². The molecule has 47 heavy (non-hydrogen) atoms. The van der Waals surface area contributed by atoms with Crippen molar-refractivity contribution in [2.75, 3.05) is 13.2 Å². The molecule has 0 saturated heterocycles. The Balaban J connectivity index is 1.34. The van der Waals surface area contributed by atoms with Crippen LogP contribution in [0.4, 0.5) is 0 Å². The Labute approximate surface area is 268 Å². The molecule has 0 spiro atoms. The Hall–Kier alpha value is -5.52. The molecule has 0 aliphatic carbocycles. The lowest BCUT2D eigenvalue weighted by Crippen LogP contribution is -2.17. The molecule has 0 radical (unpaired) electrons. The lowest BCUT2D eigenvalue weighted by atomic mass is 9.87. The van der Waals surface area contributed by atoms with E-state index in [0.29, 0.717) is 85.3 Å². The SMILES string of the molecule is Oc1cc([C@H]2CCc3c(O)cc(O)c(Cc4c(O)c(Cc5c(O)cc(O)c6c5OCCC6)c(O)c5c4OCCC5)c3O2)cc(O)c1O. The summed E-state index contributed by atoms with van der Waals surface area (Å²) in [7, 11) is 0. The van der Waals surface area contributed by atoms with E-state index in [0.717, 1.165) is 0 Å². The highest BCUT2D eigenvalue weighted by Gasteiger charge is 2.34. The number of hydrogen-bond donors (Lipinski definition) is 9. The van der Waals surface area contributed by atoms with E-state index < -0.39 is 23.4 Å². The molecule has 9 N–H and O–H groups in total. The van der Waals surface area contributed by atoms with Crippen molar-refractivity contribution in [1.82, 2.24) is 0 Å². The van der Waals surface area contributed by atoms with E-state index in [1.54, 1.807) is 0 Å². The predicted octanol–water partition coefficient (Wildman–Crippen LogP) is 4.93. The number of benzene rings is 4. The fourth-order valence-corrected chi connectivity index (χ4v) is 6.91. The van der Waals surface area contributed by atoms with Crippen LogP contribution in [0, 0.1) is 0 Å². The number of ether oxygens (including phenoxy) is 3. The van der Waals surface area contributed by atoms with Gasteiger partial charge in [0.2, 0.25) is 0 Å². The van der Waals surface area contributed by atoms with Gasteiger partial charge in [0.05, 0.1) is 13.2 Å². The maximum atomic E-state index is 11.8. The van der Waals surface area contributed by atoms with Gasteiger partial charge in [-0.05, 0) is 56.2 Å². The van der Waals surface area contributed by atoms with Gasteiger partial charge in [0.1, 0.15) is 57.8 Å². The topological polar surface area (TPSA) is 210 Å². The number of hydrogen-bond acceptors (Lipinski definition) is 12. The highest BCUT2D eigenvalue weighted by atomic mass is 16.5. The first kappa shape index (κ1) is 30.2. The standard InChI is InChI=1S/C35H34O12/c36-23-13-25(38)19(33-16(23)3-1-7-45-33)11-21-30(42)18-4-2-8-46-34(18)22(31(21)43)12-20-26(39)14-24(37)17-5-6-29(47-35(17)20)15-9-27(40)32(44)28(41)10-15/h9-10,13-14,29,36-44H,1-8,11-12H2/t29-/m1/s1. The average Bonchev–Trinajstić information content (AvgIpc) is 3.06. The van der Waals surface area contributed by atoms with Gasteiger partial charge in [-0.25, -0.2) is 0 Å². The zero-order valence-electron chi connectivity index (χ0n) is 25.2. The minimum absolute atomic E-state index is 0.0995. The average molecular weight is 647 g/mol. The first-order valence-electron chi connectivity index (χ1n) is 15.4. The van der Waals surface area contributed by atoms with Crippen LogP contribution in [0.5, 0.6) is 69.0 Å². The second kappa shape index (κ2) is 11.4. The molecule has 3 aliphatic heterocycles. The molecule has 246 valence electrons. The molecular formula is C35H34O12. The minimum Gasteiger partial charge on any atom is -0.507 e. The van der Waals surface area contributed by atoms with E-state index in [-0.39, 0.29) is 75.5 Å². The third-order valence-electron chi connectivity index (χ3n) is 9.29. The largest absolute Gasteiger partial charge is 0.507 e. The molecule has 0 fully saturated rings. The predicted molar refractivity (Wildman–Crippen MR) is 166 cm³/mol. The van der Waals surface area contributed by atoms with Crippen molar-refractivity contribution in [2.24, 2.45) is 0 Å². The molecule has 12 heteroatoms. The van der Waals surface area contributed by atoms with Gasteiger partial charge < -0.3 is 60.2 Å². The molecule has 0 bridgehead atoms. The van der Waals surface area contributed by atoms with Crippen molar-refractivity contribution in [2.45, 2.75) is 57.5 Å². The van der Waals surface area contributed by atoms with Crippen molar-refractivity contribution in [3.8, 4) is 69.0 Å². The molecule has 3 aliphatic rings. The van der Waals surface area contributed by atoms with Crippen LogP contribution in [-0.4, -0.2) is 59.2 Å². The molecular weight excluding hydrogens is 612 g/mol. The van der Waals surface area contributed by atoms with Crippen molar-refractivity contribution >= 4 is 0 Å². The molecule has 12 nitrogen and oxygen atoms in total. The van der Waals surface area contributed by atoms with Gasteiger partial charge in [0, 0.05) is 63.9 Å². The van der Waals surface area contributed by atoms with Gasteiger partial charge in [0.25, 0.3) is 0 Å². The molecule has 1 atom stereocenters. The van der Waals surface area contributed by atoms with E-state index in [9.17, 15) is 46.0 Å². The van der Waals surface area contributed by atoms with Gasteiger partial charge in [0.15, 0.2) is 17.2 Å². The molecule has 0 amide bonds. The van der Waals surface area contributed by atoms with Crippen LogP contribution in [0.1, 0.15) is 69.9 Å². The molecule has 4 aromatic carbocycles. The Kier molecular flexibility index (Phi) is 7.30. The minimum atomic E-state index is -0.738. The number of rotatable bonds is 5. The first-order chi connectivity index (χ1) is 22.5. The van der Waals surface area contributed by atoms with Crippen LogP contribution < -0.4 is 14.2 Å². The number of aromatic hydroxyl groups is 9. The third kappa shape index (κ3) is 5.00. The van der Waals surface area contributed by atoms with Crippen molar-refractivity contribution in [1.29, 1.82) is 0 Å². The highest BCUT2D eigenvalue weighted by molar-refractivity contribution is 5.68. The van der Waals surface area contributed by atoms with Gasteiger partial charge in [-0.1, -0.05) is 0 Å². The van der Waals surface area contributed by atoms with Crippen LogP contribution in [0.2, 0.25) is 0 Å². The van der Waals surface area contributed by atoms with E-state index >= 15 is 0 Å². The quantitative estimate of drug-likeness (QED) is 0.132. The Morgan fingerprint density at radius 1 is 0.489 bits per heavy atom. The molecule has 3 heterocycles. The summed E-state index contributed by atoms with van der Waals surface area (Å²) in [5.74, 6) is -2.45. The summed E-state index contributed by atoms with van der Waals surface area (Å²) in [4.78, 5) is 0. The molecule has 0 unspecified atom stereocenters. The fourth-order valence-electron chi connectivity index (χ4n) is 6.91. The summed E-state index contributed by atoms with van der Waals surface area (Å²) in [6.07, 6.45) is 1.86. The van der Waals surface area contributed by atoms with E-state index in [1.165, 1.54) is 24.3 Å². The highest BCUT2D eigenvalue weighted by Crippen LogP contribution is 2.52. The van der Waals surface area contributed by atoms with Crippen LogP contribution in [0.15, 0.2) is 24.3 Å². The lowest BCUT2D eigenvalue weighted by molar-refractivity contribution is 0.171. The second-order valence-electron chi connectivity index (χ2n) is 12.2. The summed E-state index contributed by atoms with van der Waals surface area (Å²) in [5.41, 5.74) is 2.60. The number of phenols is 9. The van der Waals surface area contributed by atoms with Crippen molar-refractivity contribution in [3.05, 3.63) is 68.8 Å². The van der Waals surface area contributed by atoms with E-state index in [1.807, 2.05) is 0 Å². The van der Waals surface area contributed by atoms with E-state index in [4.69, 9.17) is 14.2 Å². The Morgan fingerprint density at radius 2 is 1.02 bits per heavy atom. The monoisotopic (exact) mass is 646 g/mol. The maximum absolute atomic E-state index is 11.8. The zero-order chi connectivity index (χ0) is 33.1. The van der Waals surface area contributed by atoms with Gasteiger partial charge >= 0.3 is 0 Å². The van der Waals surface area contributed by atoms with Crippen molar-refractivity contribution < 1.29 is 60.2 Å².